The van der Waals surface area contributed by atoms with Gasteiger partial charge >= 0.3 is 0 Å². The summed E-state index contributed by atoms with van der Waals surface area (Å²) in [5.74, 6) is 2.23. The molecule has 2 aromatic rings. The van der Waals surface area contributed by atoms with E-state index in [0.29, 0.717) is 5.92 Å². The highest BCUT2D eigenvalue weighted by Crippen LogP contribution is 2.36. The lowest BCUT2D eigenvalue weighted by Gasteiger charge is -2.27. The molecule has 1 aromatic carbocycles. The smallest absolute Gasteiger partial charge is 0.159 e. The van der Waals surface area contributed by atoms with E-state index in [4.69, 9.17) is 4.74 Å². The summed E-state index contributed by atoms with van der Waals surface area (Å²) in [6.45, 7) is 2.97. The van der Waals surface area contributed by atoms with Gasteiger partial charge in [-0.2, -0.15) is 0 Å². The van der Waals surface area contributed by atoms with Gasteiger partial charge in [-0.05, 0) is 61.5 Å². The number of rotatable bonds is 10. The van der Waals surface area contributed by atoms with E-state index in [0.717, 1.165) is 30.3 Å². The molecule has 0 saturated heterocycles. The van der Waals surface area contributed by atoms with Crippen molar-refractivity contribution in [1.29, 1.82) is 0 Å². The summed E-state index contributed by atoms with van der Waals surface area (Å²) in [6.07, 6.45) is 19.8. The number of hydrogen-bond acceptors (Lipinski definition) is 3. The first kappa shape index (κ1) is 21.7. The van der Waals surface area contributed by atoms with E-state index >= 15 is 0 Å². The highest BCUT2D eigenvalue weighted by Gasteiger charge is 2.20. The van der Waals surface area contributed by atoms with Gasteiger partial charge in [0.2, 0.25) is 0 Å². The van der Waals surface area contributed by atoms with Gasteiger partial charge in [0.1, 0.15) is 0 Å². The Labute approximate surface area is 176 Å². The molecule has 0 N–H and O–H groups in total. The van der Waals surface area contributed by atoms with Gasteiger partial charge in [-0.1, -0.05) is 62.6 Å². The number of benzene rings is 1. The second kappa shape index (κ2) is 11.9. The van der Waals surface area contributed by atoms with Crippen LogP contribution in [0.5, 0.6) is 0 Å². The molecule has 0 atom stereocenters. The molecular weight excluding hydrogens is 356 g/mol. The number of hydrogen-bond donors (Lipinski definition) is 0. The van der Waals surface area contributed by atoms with Crippen LogP contribution in [0.2, 0.25) is 0 Å². The maximum Gasteiger partial charge on any atom is 0.159 e. The second-order valence-corrected chi connectivity index (χ2v) is 8.34. The number of ether oxygens (including phenoxy) is 1. The molecule has 1 aliphatic rings. The second-order valence-electron chi connectivity index (χ2n) is 8.34. The molecule has 0 spiro atoms. The molecule has 1 fully saturated rings. The van der Waals surface area contributed by atoms with E-state index in [1.807, 2.05) is 12.4 Å². The molecule has 0 radical (unpaired) electrons. The van der Waals surface area contributed by atoms with E-state index in [-0.39, 0.29) is 0 Å². The molecule has 0 bridgehead atoms. The molecule has 3 nitrogen and oxygen atoms in total. The Balaban J connectivity index is 1.51. The number of aromatic nitrogens is 2. The minimum absolute atomic E-state index is 0.683. The molecule has 3 rings (SSSR count). The molecule has 1 heterocycles. The minimum atomic E-state index is 0.683. The molecule has 0 aliphatic heterocycles. The molecule has 0 unspecified atom stereocenters. The van der Waals surface area contributed by atoms with Crippen molar-refractivity contribution in [2.45, 2.75) is 70.6 Å². The van der Waals surface area contributed by atoms with Crippen molar-refractivity contribution in [3.8, 4) is 11.4 Å². The Morgan fingerprint density at radius 1 is 0.966 bits per heavy atom. The topological polar surface area (TPSA) is 35.0 Å². The lowest BCUT2D eigenvalue weighted by atomic mass is 9.78. The predicted octanol–water partition coefficient (Wildman–Crippen LogP) is 6.74. The number of nitrogens with zero attached hydrogens (tertiary/aromatic N) is 2. The third kappa shape index (κ3) is 6.78. The first-order valence-corrected chi connectivity index (χ1v) is 11.4. The van der Waals surface area contributed by atoms with Crippen LogP contribution in [0.4, 0.5) is 0 Å². The quantitative estimate of drug-likeness (QED) is 0.331. The molecule has 29 heavy (non-hydrogen) atoms. The highest BCUT2D eigenvalue weighted by molar-refractivity contribution is 5.55. The largest absolute Gasteiger partial charge is 0.381 e. The zero-order valence-electron chi connectivity index (χ0n) is 18.1. The van der Waals surface area contributed by atoms with Crippen molar-refractivity contribution >= 4 is 0 Å². The average molecular weight is 393 g/mol. The van der Waals surface area contributed by atoms with E-state index in [1.165, 1.54) is 62.5 Å². The van der Waals surface area contributed by atoms with Gasteiger partial charge in [0.15, 0.2) is 5.82 Å². The first-order chi connectivity index (χ1) is 14.3. The monoisotopic (exact) mass is 392 g/mol. The van der Waals surface area contributed by atoms with Gasteiger partial charge in [0.05, 0.1) is 6.61 Å². The average Bonchev–Trinajstić information content (AvgIpc) is 2.78. The Hall–Kier alpha value is -2.00. The molecule has 156 valence electrons. The Bertz CT molecular complexity index is 728. The van der Waals surface area contributed by atoms with Crippen molar-refractivity contribution in [2.24, 2.45) is 5.92 Å². The van der Waals surface area contributed by atoms with Crippen molar-refractivity contribution in [3.63, 3.8) is 0 Å². The molecule has 1 aliphatic carbocycles. The molecule has 0 amide bonds. The number of unbranched alkanes of at least 4 members (excludes halogenated alkanes) is 3. The lowest BCUT2D eigenvalue weighted by Crippen LogP contribution is -2.11. The van der Waals surface area contributed by atoms with Crippen LogP contribution in [0.3, 0.4) is 0 Å². The Kier molecular flexibility index (Phi) is 8.88. The first-order valence-electron chi connectivity index (χ1n) is 11.4. The number of methoxy groups -OCH3 is 1. The zero-order chi connectivity index (χ0) is 20.3. The van der Waals surface area contributed by atoms with Gasteiger partial charge in [-0.3, -0.25) is 0 Å². The molecule has 1 aromatic heterocycles. The van der Waals surface area contributed by atoms with Gasteiger partial charge in [-0.15, -0.1) is 0 Å². The minimum Gasteiger partial charge on any atom is -0.381 e. The fourth-order valence-corrected chi connectivity index (χ4v) is 4.28. The maximum atomic E-state index is 5.11. The van der Waals surface area contributed by atoms with Crippen molar-refractivity contribution in [1.82, 2.24) is 9.97 Å². The van der Waals surface area contributed by atoms with E-state index in [2.05, 4.69) is 53.3 Å². The lowest BCUT2D eigenvalue weighted by molar-refractivity contribution is 0.233. The fourth-order valence-electron chi connectivity index (χ4n) is 4.28. The fraction of sp³-hybridized carbons (Fsp3) is 0.538. The number of allylic oxidation sites excluding steroid dienone is 1. The van der Waals surface area contributed by atoms with Crippen LogP contribution in [0.1, 0.15) is 75.3 Å². The Morgan fingerprint density at radius 2 is 1.69 bits per heavy atom. The van der Waals surface area contributed by atoms with Crippen LogP contribution >= 0.6 is 0 Å². The van der Waals surface area contributed by atoms with E-state index < -0.39 is 0 Å². The van der Waals surface area contributed by atoms with Crippen LogP contribution in [0, 0.1) is 5.92 Å². The third-order valence-electron chi connectivity index (χ3n) is 6.11. The van der Waals surface area contributed by atoms with Crippen LogP contribution in [-0.4, -0.2) is 23.7 Å². The summed E-state index contributed by atoms with van der Waals surface area (Å²) in [5, 5.41) is 0. The Morgan fingerprint density at radius 3 is 2.34 bits per heavy atom. The SMILES string of the molecule is CCCCCCc1cnc(-c2ccc(C3CCC(C=CCOC)CC3)cc2)nc1. The summed E-state index contributed by atoms with van der Waals surface area (Å²) >= 11 is 0. The summed E-state index contributed by atoms with van der Waals surface area (Å²) in [7, 11) is 1.75. The van der Waals surface area contributed by atoms with Crippen molar-refractivity contribution < 1.29 is 4.74 Å². The van der Waals surface area contributed by atoms with Gasteiger partial charge in [0.25, 0.3) is 0 Å². The van der Waals surface area contributed by atoms with Crippen molar-refractivity contribution in [2.75, 3.05) is 13.7 Å². The van der Waals surface area contributed by atoms with Crippen LogP contribution in [0.15, 0.2) is 48.8 Å². The summed E-state index contributed by atoms with van der Waals surface area (Å²) in [4.78, 5) is 9.21. The predicted molar refractivity (Wildman–Crippen MR) is 121 cm³/mol. The summed E-state index contributed by atoms with van der Waals surface area (Å²) < 4.78 is 5.11. The normalized spacial score (nSPS) is 19.7. The van der Waals surface area contributed by atoms with Crippen LogP contribution in [0.25, 0.3) is 11.4 Å². The van der Waals surface area contributed by atoms with Crippen molar-refractivity contribution in [3.05, 3.63) is 59.9 Å². The highest BCUT2D eigenvalue weighted by atomic mass is 16.5. The summed E-state index contributed by atoms with van der Waals surface area (Å²) in [6, 6.07) is 8.94. The van der Waals surface area contributed by atoms with Crippen LogP contribution < -0.4 is 0 Å². The maximum absolute atomic E-state index is 5.11. The van der Waals surface area contributed by atoms with Gasteiger partial charge in [-0.25, -0.2) is 9.97 Å². The molecule has 1 saturated carbocycles. The summed E-state index contributed by atoms with van der Waals surface area (Å²) in [5.41, 5.74) is 3.82. The van der Waals surface area contributed by atoms with Gasteiger partial charge < -0.3 is 4.74 Å². The third-order valence-corrected chi connectivity index (χ3v) is 6.11. The standard InChI is InChI=1S/C26H36N2O/c1-3-4-5-6-8-22-19-27-26(28-20-22)25-16-14-24(15-17-25)23-12-10-21(11-13-23)9-7-18-29-2/h7,9,14-17,19-21,23H,3-6,8,10-13,18H2,1-2H3. The van der Waals surface area contributed by atoms with Crippen LogP contribution in [-0.2, 0) is 11.2 Å². The number of aryl methyl sites for hydroxylation is 1. The van der Waals surface area contributed by atoms with E-state index in [1.54, 1.807) is 7.11 Å². The molecule has 3 heteroatoms. The van der Waals surface area contributed by atoms with Gasteiger partial charge in [0, 0.05) is 25.1 Å². The molecular formula is C26H36N2O. The van der Waals surface area contributed by atoms with E-state index in [9.17, 15) is 0 Å². The zero-order valence-corrected chi connectivity index (χ0v) is 18.1.